The highest BCUT2D eigenvalue weighted by atomic mass is 16.5. The third-order valence-corrected chi connectivity index (χ3v) is 3.76. The second-order valence-corrected chi connectivity index (χ2v) is 5.53. The van der Waals surface area contributed by atoms with Gasteiger partial charge in [-0.2, -0.15) is 0 Å². The van der Waals surface area contributed by atoms with Crippen LogP contribution in [0.15, 0.2) is 28.7 Å². The van der Waals surface area contributed by atoms with E-state index in [9.17, 15) is 9.90 Å². The Kier molecular flexibility index (Phi) is 5.87. The lowest BCUT2D eigenvalue weighted by Gasteiger charge is -2.12. The lowest BCUT2D eigenvalue weighted by Crippen LogP contribution is -2.25. The number of hydrogen-bond donors (Lipinski definition) is 2. The van der Waals surface area contributed by atoms with Crippen molar-refractivity contribution < 1.29 is 23.8 Å². The van der Waals surface area contributed by atoms with E-state index in [-0.39, 0.29) is 5.91 Å². The summed E-state index contributed by atoms with van der Waals surface area (Å²) in [5.74, 6) is 2.30. The van der Waals surface area contributed by atoms with Gasteiger partial charge in [-0.05, 0) is 38.5 Å². The summed E-state index contributed by atoms with van der Waals surface area (Å²) in [4.78, 5) is 12.2. The van der Waals surface area contributed by atoms with Crippen molar-refractivity contribution in [2.75, 3.05) is 20.8 Å². The molecule has 0 saturated carbocycles. The SMILES string of the molecule is COc1cc(OC)cc(C(=O)NCCC(O)c2cc(C)oc2C)c1. The van der Waals surface area contributed by atoms with E-state index in [1.54, 1.807) is 18.2 Å². The minimum Gasteiger partial charge on any atom is -0.497 e. The molecule has 1 heterocycles. The number of aliphatic hydroxyl groups excluding tert-OH is 1. The van der Waals surface area contributed by atoms with Crippen LogP contribution in [0.25, 0.3) is 0 Å². The Morgan fingerprint density at radius 2 is 1.79 bits per heavy atom. The van der Waals surface area contributed by atoms with Crippen LogP contribution < -0.4 is 14.8 Å². The van der Waals surface area contributed by atoms with Crippen LogP contribution in [0.1, 0.15) is 40.0 Å². The first-order valence-electron chi connectivity index (χ1n) is 7.71. The summed E-state index contributed by atoms with van der Waals surface area (Å²) in [6.07, 6.45) is -0.283. The van der Waals surface area contributed by atoms with Gasteiger partial charge in [0.15, 0.2) is 0 Å². The maximum atomic E-state index is 12.2. The fourth-order valence-corrected chi connectivity index (χ4v) is 2.50. The molecule has 2 rings (SSSR count). The number of rotatable bonds is 7. The van der Waals surface area contributed by atoms with Crippen LogP contribution >= 0.6 is 0 Å². The lowest BCUT2D eigenvalue weighted by atomic mass is 10.1. The van der Waals surface area contributed by atoms with Crippen molar-refractivity contribution in [1.82, 2.24) is 5.32 Å². The molecule has 2 N–H and O–H groups in total. The average molecular weight is 333 g/mol. The van der Waals surface area contributed by atoms with Gasteiger partial charge >= 0.3 is 0 Å². The number of aliphatic hydroxyl groups is 1. The van der Waals surface area contributed by atoms with Crippen molar-refractivity contribution >= 4 is 5.91 Å². The zero-order chi connectivity index (χ0) is 17.7. The molecule has 0 saturated heterocycles. The van der Waals surface area contributed by atoms with E-state index in [2.05, 4.69) is 5.32 Å². The van der Waals surface area contributed by atoms with Gasteiger partial charge in [0, 0.05) is 23.7 Å². The molecule has 6 heteroatoms. The lowest BCUT2D eigenvalue weighted by molar-refractivity contribution is 0.0941. The fourth-order valence-electron chi connectivity index (χ4n) is 2.50. The van der Waals surface area contributed by atoms with E-state index in [0.717, 1.165) is 11.3 Å². The highest BCUT2D eigenvalue weighted by Gasteiger charge is 2.15. The third kappa shape index (κ3) is 4.29. The van der Waals surface area contributed by atoms with Gasteiger partial charge in [-0.1, -0.05) is 0 Å². The molecule has 130 valence electrons. The Morgan fingerprint density at radius 1 is 1.17 bits per heavy atom. The Balaban J connectivity index is 1.94. The van der Waals surface area contributed by atoms with E-state index in [1.165, 1.54) is 14.2 Å². The molecule has 1 aromatic heterocycles. The first-order valence-corrected chi connectivity index (χ1v) is 7.71. The van der Waals surface area contributed by atoms with E-state index >= 15 is 0 Å². The number of furan rings is 1. The molecule has 1 atom stereocenters. The number of hydrogen-bond acceptors (Lipinski definition) is 5. The molecule has 0 fully saturated rings. The van der Waals surface area contributed by atoms with E-state index in [4.69, 9.17) is 13.9 Å². The van der Waals surface area contributed by atoms with Crippen LogP contribution in [-0.2, 0) is 0 Å². The summed E-state index contributed by atoms with van der Waals surface area (Å²) in [6, 6.07) is 6.79. The molecule has 1 unspecified atom stereocenters. The number of nitrogens with one attached hydrogen (secondary N) is 1. The normalized spacial score (nSPS) is 11.9. The van der Waals surface area contributed by atoms with Crippen molar-refractivity contribution in [2.45, 2.75) is 26.4 Å². The first kappa shape index (κ1) is 17.9. The predicted molar refractivity (Wildman–Crippen MR) is 89.6 cm³/mol. The second kappa shape index (κ2) is 7.88. The van der Waals surface area contributed by atoms with Crippen LogP contribution in [-0.4, -0.2) is 31.8 Å². The third-order valence-electron chi connectivity index (χ3n) is 3.76. The van der Waals surface area contributed by atoms with Gasteiger partial charge < -0.3 is 24.3 Å². The number of carbonyl (C=O) groups excluding carboxylic acids is 1. The molecule has 6 nitrogen and oxygen atoms in total. The summed E-state index contributed by atoms with van der Waals surface area (Å²) in [7, 11) is 3.06. The number of benzene rings is 1. The maximum absolute atomic E-state index is 12.2. The van der Waals surface area contributed by atoms with Gasteiger partial charge in [0.2, 0.25) is 0 Å². The van der Waals surface area contributed by atoms with Crippen molar-refractivity contribution in [3.05, 3.63) is 46.9 Å². The monoisotopic (exact) mass is 333 g/mol. The fraction of sp³-hybridized carbons (Fsp3) is 0.389. The minimum atomic E-state index is -0.678. The maximum Gasteiger partial charge on any atom is 0.251 e. The zero-order valence-electron chi connectivity index (χ0n) is 14.4. The summed E-state index contributed by atoms with van der Waals surface area (Å²) >= 11 is 0. The summed E-state index contributed by atoms with van der Waals surface area (Å²) in [5, 5.41) is 13.0. The molecule has 24 heavy (non-hydrogen) atoms. The van der Waals surface area contributed by atoms with Crippen molar-refractivity contribution in [3.63, 3.8) is 0 Å². The van der Waals surface area contributed by atoms with E-state index in [1.807, 2.05) is 19.9 Å². The predicted octanol–water partition coefficient (Wildman–Crippen LogP) is 2.77. The number of amides is 1. The van der Waals surface area contributed by atoms with Gasteiger partial charge in [-0.3, -0.25) is 4.79 Å². The number of carbonyl (C=O) groups is 1. The summed E-state index contributed by atoms with van der Waals surface area (Å²) in [5.41, 5.74) is 1.20. The molecule has 0 aliphatic heterocycles. The Morgan fingerprint density at radius 3 is 2.29 bits per heavy atom. The van der Waals surface area contributed by atoms with Crippen molar-refractivity contribution in [3.8, 4) is 11.5 Å². The van der Waals surface area contributed by atoms with Gasteiger partial charge in [-0.15, -0.1) is 0 Å². The quantitative estimate of drug-likeness (QED) is 0.814. The zero-order valence-corrected chi connectivity index (χ0v) is 14.4. The molecule has 2 aromatic rings. The summed E-state index contributed by atoms with van der Waals surface area (Å²) < 4.78 is 15.7. The van der Waals surface area contributed by atoms with Crippen LogP contribution in [0, 0.1) is 13.8 Å². The molecule has 0 spiro atoms. The van der Waals surface area contributed by atoms with Gasteiger partial charge in [-0.25, -0.2) is 0 Å². The Bertz CT molecular complexity index is 685. The van der Waals surface area contributed by atoms with E-state index in [0.29, 0.717) is 35.8 Å². The largest absolute Gasteiger partial charge is 0.497 e. The Labute approximate surface area is 141 Å². The highest BCUT2D eigenvalue weighted by molar-refractivity contribution is 5.95. The molecular formula is C18H23NO5. The van der Waals surface area contributed by atoms with Crippen LogP contribution in [0.3, 0.4) is 0 Å². The Hall–Kier alpha value is -2.47. The molecule has 0 aliphatic rings. The molecule has 0 aliphatic carbocycles. The number of aryl methyl sites for hydroxylation is 2. The van der Waals surface area contributed by atoms with Crippen LogP contribution in [0.4, 0.5) is 0 Å². The van der Waals surface area contributed by atoms with Gasteiger partial charge in [0.1, 0.15) is 23.0 Å². The van der Waals surface area contributed by atoms with Crippen LogP contribution in [0.2, 0.25) is 0 Å². The molecule has 1 amide bonds. The first-order chi connectivity index (χ1) is 11.4. The average Bonchev–Trinajstić information content (AvgIpc) is 2.92. The molecule has 0 radical (unpaired) electrons. The highest BCUT2D eigenvalue weighted by Crippen LogP contribution is 2.24. The standard InChI is InChI=1S/C18H23NO5/c1-11-7-16(12(2)24-11)17(20)5-6-19-18(21)13-8-14(22-3)10-15(9-13)23-4/h7-10,17,20H,5-6H2,1-4H3,(H,19,21). The van der Waals surface area contributed by atoms with Gasteiger partial charge in [0.25, 0.3) is 5.91 Å². The minimum absolute atomic E-state index is 0.250. The smallest absolute Gasteiger partial charge is 0.251 e. The van der Waals surface area contributed by atoms with Crippen LogP contribution in [0.5, 0.6) is 11.5 Å². The summed E-state index contributed by atoms with van der Waals surface area (Å²) in [6.45, 7) is 3.98. The van der Waals surface area contributed by atoms with Gasteiger partial charge in [0.05, 0.1) is 20.3 Å². The molecule has 1 aromatic carbocycles. The molecule has 0 bridgehead atoms. The number of methoxy groups -OCH3 is 2. The molecular weight excluding hydrogens is 310 g/mol. The van der Waals surface area contributed by atoms with Crippen molar-refractivity contribution in [1.29, 1.82) is 0 Å². The van der Waals surface area contributed by atoms with E-state index < -0.39 is 6.10 Å². The second-order valence-electron chi connectivity index (χ2n) is 5.53. The number of ether oxygens (including phenoxy) is 2. The topological polar surface area (TPSA) is 80.9 Å². The van der Waals surface area contributed by atoms with Crippen molar-refractivity contribution in [2.24, 2.45) is 0 Å².